The number of rotatable bonds is 7. The summed E-state index contributed by atoms with van der Waals surface area (Å²) in [6.07, 6.45) is 0. The summed E-state index contributed by atoms with van der Waals surface area (Å²) < 4.78 is 5.35. The van der Waals surface area contributed by atoms with Gasteiger partial charge >= 0.3 is 0 Å². The summed E-state index contributed by atoms with van der Waals surface area (Å²) in [6, 6.07) is 13.1. The molecule has 0 saturated heterocycles. The number of aryl methyl sites for hydroxylation is 1. The third-order valence-electron chi connectivity index (χ3n) is 3.42. The Morgan fingerprint density at radius 1 is 1.04 bits per heavy atom. The molecule has 132 valence electrons. The maximum Gasteiger partial charge on any atom is 0.234 e. The Balaban J connectivity index is 1.83. The van der Waals surface area contributed by atoms with Crippen LogP contribution in [0.1, 0.15) is 18.1 Å². The van der Waals surface area contributed by atoms with Crippen LogP contribution in [0, 0.1) is 6.92 Å². The monoisotopic (exact) mass is 358 g/mol. The molecule has 0 fully saturated rings. The van der Waals surface area contributed by atoms with Crippen LogP contribution in [0.4, 0.5) is 11.4 Å². The fourth-order valence-corrected chi connectivity index (χ4v) is 3.12. The predicted octanol–water partition coefficient (Wildman–Crippen LogP) is 3.83. The van der Waals surface area contributed by atoms with E-state index in [1.807, 2.05) is 19.1 Å². The van der Waals surface area contributed by atoms with Crippen molar-refractivity contribution in [1.82, 2.24) is 0 Å². The van der Waals surface area contributed by atoms with E-state index >= 15 is 0 Å². The number of benzene rings is 2. The molecule has 0 unspecified atom stereocenters. The minimum Gasteiger partial charge on any atom is -0.496 e. The summed E-state index contributed by atoms with van der Waals surface area (Å²) in [5.74, 6) is 1.71. The van der Waals surface area contributed by atoms with E-state index in [9.17, 15) is 9.59 Å². The second-order valence-corrected chi connectivity index (χ2v) is 6.60. The number of thioether (sulfide) groups is 1. The molecule has 25 heavy (non-hydrogen) atoms. The molecule has 5 nitrogen and oxygen atoms in total. The van der Waals surface area contributed by atoms with Crippen molar-refractivity contribution < 1.29 is 14.3 Å². The van der Waals surface area contributed by atoms with Crippen molar-refractivity contribution >= 4 is 35.0 Å². The SMILES string of the molecule is COc1ccc(C)cc1CSCC(=O)Nc1ccc(NC(C)=O)cc1. The van der Waals surface area contributed by atoms with Crippen molar-refractivity contribution in [3.05, 3.63) is 53.6 Å². The van der Waals surface area contributed by atoms with Gasteiger partial charge < -0.3 is 15.4 Å². The molecule has 2 aromatic carbocycles. The molecule has 0 heterocycles. The molecule has 0 aliphatic carbocycles. The standard InChI is InChI=1S/C19H22N2O3S/c1-13-4-9-18(24-3)15(10-13)11-25-12-19(23)21-17-7-5-16(6-8-17)20-14(2)22/h4-10H,11-12H2,1-3H3,(H,20,22)(H,21,23). The van der Waals surface area contributed by atoms with Crippen LogP contribution >= 0.6 is 11.8 Å². The van der Waals surface area contributed by atoms with Crippen molar-refractivity contribution in [2.24, 2.45) is 0 Å². The van der Waals surface area contributed by atoms with Gasteiger partial charge in [0.05, 0.1) is 12.9 Å². The summed E-state index contributed by atoms with van der Waals surface area (Å²) in [6.45, 7) is 3.49. The Morgan fingerprint density at radius 3 is 2.28 bits per heavy atom. The average Bonchev–Trinajstić information content (AvgIpc) is 2.56. The molecule has 2 rings (SSSR count). The van der Waals surface area contributed by atoms with E-state index in [0.717, 1.165) is 11.3 Å². The quantitative estimate of drug-likeness (QED) is 0.789. The minimum absolute atomic E-state index is 0.0658. The zero-order valence-corrected chi connectivity index (χ0v) is 15.4. The summed E-state index contributed by atoms with van der Waals surface area (Å²) in [4.78, 5) is 23.0. The highest BCUT2D eigenvalue weighted by molar-refractivity contribution is 7.99. The molecule has 0 radical (unpaired) electrons. The van der Waals surface area contributed by atoms with Crippen LogP contribution in [-0.4, -0.2) is 24.7 Å². The van der Waals surface area contributed by atoms with Crippen molar-refractivity contribution in [2.45, 2.75) is 19.6 Å². The van der Waals surface area contributed by atoms with Crippen molar-refractivity contribution in [3.63, 3.8) is 0 Å². The van der Waals surface area contributed by atoms with E-state index in [4.69, 9.17) is 4.74 Å². The maximum atomic E-state index is 12.1. The zero-order chi connectivity index (χ0) is 18.2. The van der Waals surface area contributed by atoms with Gasteiger partial charge in [-0.1, -0.05) is 17.7 Å². The van der Waals surface area contributed by atoms with Gasteiger partial charge in [0.25, 0.3) is 0 Å². The van der Waals surface area contributed by atoms with E-state index in [1.54, 1.807) is 31.4 Å². The highest BCUT2D eigenvalue weighted by Gasteiger charge is 2.07. The molecular weight excluding hydrogens is 336 g/mol. The summed E-state index contributed by atoms with van der Waals surface area (Å²) >= 11 is 1.53. The van der Waals surface area contributed by atoms with Gasteiger partial charge in [0, 0.05) is 29.6 Å². The number of hydrogen-bond donors (Lipinski definition) is 2. The molecule has 0 saturated carbocycles. The second-order valence-electron chi connectivity index (χ2n) is 5.61. The van der Waals surface area contributed by atoms with Gasteiger partial charge in [-0.2, -0.15) is 0 Å². The molecule has 2 N–H and O–H groups in total. The summed E-state index contributed by atoms with van der Waals surface area (Å²) in [7, 11) is 1.65. The smallest absolute Gasteiger partial charge is 0.234 e. The van der Waals surface area contributed by atoms with Crippen LogP contribution in [0.3, 0.4) is 0 Å². The third-order valence-corrected chi connectivity index (χ3v) is 4.40. The Bertz CT molecular complexity index is 745. The molecule has 2 aromatic rings. The van der Waals surface area contributed by atoms with Gasteiger partial charge in [-0.3, -0.25) is 9.59 Å². The first-order valence-corrected chi connectivity index (χ1v) is 9.02. The van der Waals surface area contributed by atoms with E-state index in [0.29, 0.717) is 22.9 Å². The first-order valence-electron chi connectivity index (χ1n) is 7.86. The number of methoxy groups -OCH3 is 1. The number of nitrogens with one attached hydrogen (secondary N) is 2. The van der Waals surface area contributed by atoms with Crippen molar-refractivity contribution in [3.8, 4) is 5.75 Å². The Morgan fingerprint density at radius 2 is 1.68 bits per heavy atom. The number of ether oxygens (including phenoxy) is 1. The molecule has 6 heteroatoms. The second kappa shape index (κ2) is 9.13. The molecule has 0 aliphatic heterocycles. The molecule has 0 aliphatic rings. The summed E-state index contributed by atoms with van der Waals surface area (Å²) in [5, 5.41) is 5.53. The van der Waals surface area contributed by atoms with Crippen LogP contribution < -0.4 is 15.4 Å². The first kappa shape index (κ1) is 18.9. The van der Waals surface area contributed by atoms with Crippen molar-refractivity contribution in [1.29, 1.82) is 0 Å². The highest BCUT2D eigenvalue weighted by Crippen LogP contribution is 2.24. The van der Waals surface area contributed by atoms with E-state index in [1.165, 1.54) is 24.2 Å². The fraction of sp³-hybridized carbons (Fsp3) is 0.263. The van der Waals surface area contributed by atoms with Crippen LogP contribution in [0.15, 0.2) is 42.5 Å². The molecule has 2 amide bonds. The highest BCUT2D eigenvalue weighted by atomic mass is 32.2. The normalized spacial score (nSPS) is 10.2. The number of anilines is 2. The van der Waals surface area contributed by atoms with Gasteiger partial charge in [0.2, 0.25) is 11.8 Å². The molecule has 0 bridgehead atoms. The van der Waals surface area contributed by atoms with Crippen molar-refractivity contribution in [2.75, 3.05) is 23.5 Å². The van der Waals surface area contributed by atoms with Crippen LogP contribution in [-0.2, 0) is 15.3 Å². The molecule has 0 aromatic heterocycles. The fourth-order valence-electron chi connectivity index (χ4n) is 2.31. The zero-order valence-electron chi connectivity index (χ0n) is 14.6. The van der Waals surface area contributed by atoms with Gasteiger partial charge in [-0.05, 0) is 37.3 Å². The van der Waals surface area contributed by atoms with Gasteiger partial charge in [0.1, 0.15) is 5.75 Å². The number of carbonyl (C=O) groups is 2. The lowest BCUT2D eigenvalue weighted by Crippen LogP contribution is -2.14. The lowest BCUT2D eigenvalue weighted by atomic mass is 10.1. The Labute approximate surface area is 152 Å². The van der Waals surface area contributed by atoms with E-state index in [2.05, 4.69) is 16.7 Å². The average molecular weight is 358 g/mol. The van der Waals surface area contributed by atoms with Crippen LogP contribution in [0.25, 0.3) is 0 Å². The molecule has 0 atom stereocenters. The summed E-state index contributed by atoms with van der Waals surface area (Å²) in [5.41, 5.74) is 3.65. The van der Waals surface area contributed by atoms with Gasteiger partial charge in [-0.25, -0.2) is 0 Å². The number of hydrogen-bond acceptors (Lipinski definition) is 4. The number of carbonyl (C=O) groups excluding carboxylic acids is 2. The Hall–Kier alpha value is -2.47. The first-order chi connectivity index (χ1) is 12.0. The lowest BCUT2D eigenvalue weighted by Gasteiger charge is -2.10. The third kappa shape index (κ3) is 6.15. The van der Waals surface area contributed by atoms with Gasteiger partial charge in [0.15, 0.2) is 0 Å². The largest absolute Gasteiger partial charge is 0.496 e. The van der Waals surface area contributed by atoms with E-state index in [-0.39, 0.29) is 11.8 Å². The Kier molecular flexibility index (Phi) is 6.89. The minimum atomic E-state index is -0.125. The predicted molar refractivity (Wildman–Crippen MR) is 103 cm³/mol. The maximum absolute atomic E-state index is 12.1. The number of amides is 2. The van der Waals surface area contributed by atoms with Gasteiger partial charge in [-0.15, -0.1) is 11.8 Å². The topological polar surface area (TPSA) is 67.4 Å². The molecular formula is C19H22N2O3S. The molecule has 0 spiro atoms. The van der Waals surface area contributed by atoms with E-state index < -0.39 is 0 Å². The lowest BCUT2D eigenvalue weighted by molar-refractivity contribution is -0.114. The van der Waals surface area contributed by atoms with Crippen LogP contribution in [0.5, 0.6) is 5.75 Å². The van der Waals surface area contributed by atoms with Crippen LogP contribution in [0.2, 0.25) is 0 Å².